The lowest BCUT2D eigenvalue weighted by Crippen LogP contribution is -2.30. The Hall–Kier alpha value is -4.98. The fourth-order valence-electron chi connectivity index (χ4n) is 5.06. The first-order valence-electron chi connectivity index (χ1n) is 14.1. The SMILES string of the molecule is COc1cc(C(=O)NCC2CCCCC2)ccc1Nc1ncc(-c2ccc(C#N)c(O[C@@H](C)Cn3cncn3)c2)cn1. The van der Waals surface area contributed by atoms with Crippen LogP contribution in [0.2, 0.25) is 0 Å². The normalized spacial score (nSPS) is 14.0. The highest BCUT2D eigenvalue weighted by Crippen LogP contribution is 2.30. The van der Waals surface area contributed by atoms with E-state index in [4.69, 9.17) is 9.47 Å². The van der Waals surface area contributed by atoms with Crippen molar-refractivity contribution < 1.29 is 14.3 Å². The van der Waals surface area contributed by atoms with Crippen molar-refractivity contribution >= 4 is 17.5 Å². The molecule has 1 saturated carbocycles. The third kappa shape index (κ3) is 7.20. The van der Waals surface area contributed by atoms with E-state index in [1.54, 1.807) is 54.8 Å². The number of methoxy groups -OCH3 is 1. The smallest absolute Gasteiger partial charge is 0.251 e. The molecule has 11 heteroatoms. The number of ether oxygens (including phenoxy) is 2. The van der Waals surface area contributed by atoms with Crippen LogP contribution in [0.1, 0.15) is 54.9 Å². The highest BCUT2D eigenvalue weighted by molar-refractivity contribution is 5.95. The van der Waals surface area contributed by atoms with Crippen LogP contribution in [-0.4, -0.2) is 50.4 Å². The lowest BCUT2D eigenvalue weighted by atomic mass is 9.89. The van der Waals surface area contributed by atoms with Gasteiger partial charge in [0.2, 0.25) is 5.95 Å². The van der Waals surface area contributed by atoms with Gasteiger partial charge < -0.3 is 20.1 Å². The first-order valence-corrected chi connectivity index (χ1v) is 14.1. The molecule has 1 atom stereocenters. The molecular weight excluding hydrogens is 532 g/mol. The number of nitriles is 1. The molecule has 2 aromatic heterocycles. The number of carbonyl (C=O) groups excluding carboxylic acids is 1. The summed E-state index contributed by atoms with van der Waals surface area (Å²) in [4.78, 5) is 25.6. The summed E-state index contributed by atoms with van der Waals surface area (Å²) in [7, 11) is 1.56. The number of anilines is 2. The quantitative estimate of drug-likeness (QED) is 0.253. The van der Waals surface area contributed by atoms with Crippen molar-refractivity contribution in [2.45, 2.75) is 51.7 Å². The van der Waals surface area contributed by atoms with Gasteiger partial charge in [-0.2, -0.15) is 10.4 Å². The Kier molecular flexibility index (Phi) is 9.23. The van der Waals surface area contributed by atoms with Crippen LogP contribution < -0.4 is 20.1 Å². The molecule has 1 fully saturated rings. The fraction of sp³-hybridized carbons (Fsp3) is 0.355. The zero-order chi connectivity index (χ0) is 29.3. The largest absolute Gasteiger partial charge is 0.495 e. The van der Waals surface area contributed by atoms with E-state index in [1.807, 2.05) is 19.1 Å². The second-order valence-corrected chi connectivity index (χ2v) is 10.4. The Bertz CT molecular complexity index is 1530. The Morgan fingerprint density at radius 2 is 1.90 bits per heavy atom. The zero-order valence-corrected chi connectivity index (χ0v) is 23.8. The number of amides is 1. The van der Waals surface area contributed by atoms with E-state index in [-0.39, 0.29) is 12.0 Å². The summed E-state index contributed by atoms with van der Waals surface area (Å²) in [5.41, 5.74) is 3.19. The molecule has 2 aromatic carbocycles. The third-order valence-electron chi connectivity index (χ3n) is 7.31. The van der Waals surface area contributed by atoms with E-state index < -0.39 is 0 Å². The molecule has 0 saturated heterocycles. The van der Waals surface area contributed by atoms with Crippen LogP contribution >= 0.6 is 0 Å². The Morgan fingerprint density at radius 3 is 2.62 bits per heavy atom. The molecule has 2 heterocycles. The Morgan fingerprint density at radius 1 is 1.10 bits per heavy atom. The van der Waals surface area contributed by atoms with Gasteiger partial charge in [0.25, 0.3) is 5.91 Å². The van der Waals surface area contributed by atoms with Crippen LogP contribution in [-0.2, 0) is 6.54 Å². The molecule has 11 nitrogen and oxygen atoms in total. The lowest BCUT2D eigenvalue weighted by molar-refractivity contribution is 0.0943. The molecule has 42 heavy (non-hydrogen) atoms. The minimum atomic E-state index is -0.235. The molecule has 4 aromatic rings. The molecular formula is C31H34N8O3. The van der Waals surface area contributed by atoms with Gasteiger partial charge in [-0.1, -0.05) is 25.3 Å². The molecule has 0 unspecified atom stereocenters. The predicted octanol–water partition coefficient (Wildman–Crippen LogP) is 5.14. The Labute approximate surface area is 244 Å². The summed E-state index contributed by atoms with van der Waals surface area (Å²) in [5, 5.41) is 19.9. The van der Waals surface area contributed by atoms with Gasteiger partial charge in [-0.15, -0.1) is 0 Å². The summed E-state index contributed by atoms with van der Waals surface area (Å²) >= 11 is 0. The first kappa shape index (κ1) is 28.5. The number of benzene rings is 2. The average molecular weight is 567 g/mol. The van der Waals surface area contributed by atoms with Gasteiger partial charge in [-0.3, -0.25) is 4.79 Å². The van der Waals surface area contributed by atoms with Crippen molar-refractivity contribution in [3.05, 3.63) is 72.6 Å². The highest BCUT2D eigenvalue weighted by atomic mass is 16.5. The number of carbonyl (C=O) groups is 1. The lowest BCUT2D eigenvalue weighted by Gasteiger charge is -2.21. The molecule has 2 N–H and O–H groups in total. The van der Waals surface area contributed by atoms with E-state index in [1.165, 1.54) is 38.4 Å². The maximum absolute atomic E-state index is 12.7. The van der Waals surface area contributed by atoms with Gasteiger partial charge in [0.05, 0.1) is 24.9 Å². The summed E-state index contributed by atoms with van der Waals surface area (Å²) in [6.45, 7) is 3.11. The number of rotatable bonds is 11. The van der Waals surface area contributed by atoms with E-state index in [2.05, 4.69) is 36.8 Å². The predicted molar refractivity (Wildman–Crippen MR) is 157 cm³/mol. The van der Waals surface area contributed by atoms with E-state index in [9.17, 15) is 10.1 Å². The summed E-state index contributed by atoms with van der Waals surface area (Å²) in [6, 6.07) is 12.8. The van der Waals surface area contributed by atoms with Crippen molar-refractivity contribution in [3.8, 4) is 28.7 Å². The minimum absolute atomic E-state index is 0.107. The van der Waals surface area contributed by atoms with Crippen molar-refractivity contribution in [1.82, 2.24) is 30.0 Å². The second kappa shape index (κ2) is 13.6. The first-order chi connectivity index (χ1) is 20.5. The van der Waals surface area contributed by atoms with Crippen LogP contribution in [0.4, 0.5) is 11.6 Å². The van der Waals surface area contributed by atoms with Gasteiger partial charge in [-0.25, -0.2) is 19.6 Å². The van der Waals surface area contributed by atoms with Gasteiger partial charge in [0.1, 0.15) is 36.3 Å². The van der Waals surface area contributed by atoms with Crippen LogP contribution in [0.25, 0.3) is 11.1 Å². The van der Waals surface area contributed by atoms with Gasteiger partial charge >= 0.3 is 0 Å². The topological polar surface area (TPSA) is 140 Å². The number of aromatic nitrogens is 5. The maximum atomic E-state index is 12.7. The van der Waals surface area contributed by atoms with Crippen LogP contribution in [0.15, 0.2) is 61.4 Å². The standard InChI is InChI=1S/C31H34N8O3/c1-21(18-39-20-33-19-37-39)42-28-12-23(8-9-25(28)14-32)26-16-35-31(36-17-26)38-27-11-10-24(13-29(27)41-2)30(40)34-15-22-6-4-3-5-7-22/h8-13,16-17,19-22H,3-7,15,18H2,1-2H3,(H,34,40)(H,35,36,38)/t21-/m0/s1. The summed E-state index contributed by atoms with van der Waals surface area (Å²) in [5.74, 6) is 1.81. The highest BCUT2D eigenvalue weighted by Gasteiger charge is 2.17. The molecule has 1 aliphatic rings. The van der Waals surface area contributed by atoms with E-state index in [0.717, 1.165) is 11.1 Å². The van der Waals surface area contributed by atoms with Crippen molar-refractivity contribution in [3.63, 3.8) is 0 Å². The summed E-state index contributed by atoms with van der Waals surface area (Å²) in [6.07, 6.45) is 12.4. The Balaban J connectivity index is 1.24. The molecule has 5 rings (SSSR count). The zero-order valence-electron chi connectivity index (χ0n) is 23.8. The second-order valence-electron chi connectivity index (χ2n) is 10.4. The minimum Gasteiger partial charge on any atom is -0.495 e. The number of hydrogen-bond donors (Lipinski definition) is 2. The van der Waals surface area contributed by atoms with Crippen LogP contribution in [0.3, 0.4) is 0 Å². The van der Waals surface area contributed by atoms with Gasteiger partial charge in [-0.05, 0) is 61.6 Å². The third-order valence-corrected chi connectivity index (χ3v) is 7.31. The van der Waals surface area contributed by atoms with E-state index in [0.29, 0.717) is 53.3 Å². The molecule has 0 aliphatic heterocycles. The van der Waals surface area contributed by atoms with Crippen molar-refractivity contribution in [1.29, 1.82) is 5.26 Å². The number of nitrogens with zero attached hydrogens (tertiary/aromatic N) is 6. The maximum Gasteiger partial charge on any atom is 0.251 e. The monoisotopic (exact) mass is 566 g/mol. The average Bonchev–Trinajstić information content (AvgIpc) is 3.54. The molecule has 0 spiro atoms. The molecule has 1 aliphatic carbocycles. The summed E-state index contributed by atoms with van der Waals surface area (Å²) < 4.78 is 13.3. The molecule has 0 radical (unpaired) electrons. The van der Waals surface area contributed by atoms with E-state index >= 15 is 0 Å². The molecule has 216 valence electrons. The van der Waals surface area contributed by atoms with Gasteiger partial charge in [0, 0.05) is 30.1 Å². The number of nitrogens with one attached hydrogen (secondary N) is 2. The molecule has 0 bridgehead atoms. The van der Waals surface area contributed by atoms with Crippen LogP contribution in [0, 0.1) is 17.2 Å². The fourth-order valence-corrected chi connectivity index (χ4v) is 5.06. The van der Waals surface area contributed by atoms with Crippen molar-refractivity contribution in [2.75, 3.05) is 19.0 Å². The number of hydrogen-bond acceptors (Lipinski definition) is 9. The van der Waals surface area contributed by atoms with Crippen LogP contribution in [0.5, 0.6) is 11.5 Å². The molecule has 1 amide bonds. The van der Waals surface area contributed by atoms with Gasteiger partial charge in [0.15, 0.2) is 0 Å². The van der Waals surface area contributed by atoms with Crippen molar-refractivity contribution in [2.24, 2.45) is 5.92 Å².